The van der Waals surface area contributed by atoms with E-state index in [0.29, 0.717) is 19.3 Å². The summed E-state index contributed by atoms with van der Waals surface area (Å²) in [7, 11) is 0. The minimum absolute atomic E-state index is 0.0754. The lowest BCUT2D eigenvalue weighted by atomic mass is 10.0. The molecule has 0 amide bonds. The molecule has 1 atom stereocenters. The third kappa shape index (κ3) is 60.2. The fraction of sp³-hybridized carbons (Fsp3) is 0.838. The van der Waals surface area contributed by atoms with Crippen molar-refractivity contribution in [2.45, 2.75) is 354 Å². The second-order valence-electron chi connectivity index (χ2n) is 22.0. The van der Waals surface area contributed by atoms with E-state index in [4.69, 9.17) is 14.2 Å². The number of allylic oxidation sites excluding steroid dienone is 8. The van der Waals surface area contributed by atoms with Crippen LogP contribution in [0.15, 0.2) is 48.6 Å². The van der Waals surface area contributed by atoms with Crippen LogP contribution in [0.1, 0.15) is 348 Å². The molecule has 6 heteroatoms. The van der Waals surface area contributed by atoms with E-state index < -0.39 is 6.10 Å². The van der Waals surface area contributed by atoms with Gasteiger partial charge in [-0.15, -0.1) is 0 Å². The lowest BCUT2D eigenvalue weighted by Gasteiger charge is -2.18. The Balaban J connectivity index is 4.37. The van der Waals surface area contributed by atoms with Gasteiger partial charge in [-0.25, -0.2) is 0 Å². The van der Waals surface area contributed by atoms with Crippen LogP contribution in [0.2, 0.25) is 0 Å². The van der Waals surface area contributed by atoms with Crippen LogP contribution in [0, 0.1) is 0 Å². The Kier molecular flexibility index (Phi) is 60.7. The summed E-state index contributed by atoms with van der Waals surface area (Å²) in [6.45, 7) is 6.66. The van der Waals surface area contributed by atoms with Gasteiger partial charge < -0.3 is 14.2 Å². The molecule has 74 heavy (non-hydrogen) atoms. The van der Waals surface area contributed by atoms with Crippen LogP contribution in [0.4, 0.5) is 0 Å². The molecule has 0 saturated heterocycles. The first-order valence-electron chi connectivity index (χ1n) is 32.6. The highest BCUT2D eigenvalue weighted by Crippen LogP contribution is 2.17. The van der Waals surface area contributed by atoms with Crippen LogP contribution in [0.5, 0.6) is 0 Å². The second kappa shape index (κ2) is 62.9. The smallest absolute Gasteiger partial charge is 0.306 e. The molecule has 0 aromatic carbocycles. The number of esters is 3. The molecule has 0 heterocycles. The number of hydrogen-bond acceptors (Lipinski definition) is 6. The van der Waals surface area contributed by atoms with Crippen molar-refractivity contribution >= 4 is 17.9 Å². The standard InChI is InChI=1S/C68H124O6/c1-4-7-10-13-16-19-22-25-28-31-34-37-40-43-46-49-52-55-58-61-67(70)73-64-65(63-72-66(69)60-57-54-51-48-45-42-39-36-33-30-27-24-21-18-15-12-9-6-3)74-68(71)62-59-56-53-50-47-44-41-38-35-32-29-26-23-20-17-14-11-8-5-2/h16,19,25,28,32,34-35,37,65H,4-15,17-18,20-24,26-27,29-31,33,36,38-64H2,1-3H3/b19-16-,28-25-,35-32-,37-34-/t65-/m1/s1. The van der Waals surface area contributed by atoms with Crippen molar-refractivity contribution in [3.05, 3.63) is 48.6 Å². The summed E-state index contributed by atoms with van der Waals surface area (Å²) >= 11 is 0. The maximum absolute atomic E-state index is 12.9. The van der Waals surface area contributed by atoms with Crippen molar-refractivity contribution in [3.8, 4) is 0 Å². The minimum atomic E-state index is -0.780. The van der Waals surface area contributed by atoms with E-state index in [1.54, 1.807) is 0 Å². The Labute approximate surface area is 460 Å². The molecule has 0 aliphatic rings. The first-order valence-corrected chi connectivity index (χ1v) is 32.6. The van der Waals surface area contributed by atoms with Crippen molar-refractivity contribution in [1.82, 2.24) is 0 Å². The van der Waals surface area contributed by atoms with Crippen LogP contribution in [0.3, 0.4) is 0 Å². The number of unbranched alkanes of at least 4 members (excludes halogenated alkanes) is 41. The predicted octanol–water partition coefficient (Wildman–Crippen LogP) is 22.2. The molecule has 6 nitrogen and oxygen atoms in total. The van der Waals surface area contributed by atoms with Crippen LogP contribution >= 0.6 is 0 Å². The van der Waals surface area contributed by atoms with E-state index in [1.807, 2.05) is 0 Å². The van der Waals surface area contributed by atoms with Gasteiger partial charge in [-0.05, 0) is 83.5 Å². The summed E-state index contributed by atoms with van der Waals surface area (Å²) < 4.78 is 17.0. The Morgan fingerprint density at radius 3 is 0.797 bits per heavy atom. The maximum Gasteiger partial charge on any atom is 0.306 e. The van der Waals surface area contributed by atoms with Gasteiger partial charge >= 0.3 is 17.9 Å². The number of ether oxygens (including phenoxy) is 3. The highest BCUT2D eigenvalue weighted by Gasteiger charge is 2.19. The van der Waals surface area contributed by atoms with Gasteiger partial charge in [-0.2, -0.15) is 0 Å². The summed E-state index contributed by atoms with van der Waals surface area (Å²) in [6.07, 6.45) is 78.2. The summed E-state index contributed by atoms with van der Waals surface area (Å²) in [5.74, 6) is -0.870. The predicted molar refractivity (Wildman–Crippen MR) is 321 cm³/mol. The lowest BCUT2D eigenvalue weighted by Crippen LogP contribution is -2.30. The fourth-order valence-corrected chi connectivity index (χ4v) is 9.62. The maximum atomic E-state index is 12.9. The minimum Gasteiger partial charge on any atom is -0.462 e. The van der Waals surface area contributed by atoms with Gasteiger partial charge in [0, 0.05) is 19.3 Å². The molecular weight excluding hydrogens is 913 g/mol. The Morgan fingerprint density at radius 1 is 0.270 bits per heavy atom. The van der Waals surface area contributed by atoms with Gasteiger partial charge in [0.2, 0.25) is 0 Å². The average molecular weight is 1040 g/mol. The van der Waals surface area contributed by atoms with E-state index in [0.717, 1.165) is 77.0 Å². The van der Waals surface area contributed by atoms with E-state index in [1.165, 1.54) is 231 Å². The van der Waals surface area contributed by atoms with E-state index in [2.05, 4.69) is 69.4 Å². The number of hydrogen-bond donors (Lipinski definition) is 0. The number of carbonyl (C=O) groups excluding carboxylic acids is 3. The van der Waals surface area contributed by atoms with Gasteiger partial charge in [-0.1, -0.05) is 294 Å². The largest absolute Gasteiger partial charge is 0.462 e. The van der Waals surface area contributed by atoms with Crippen molar-refractivity contribution in [3.63, 3.8) is 0 Å². The molecule has 0 saturated carbocycles. The van der Waals surface area contributed by atoms with E-state index in [9.17, 15) is 14.4 Å². The number of rotatable bonds is 60. The molecular formula is C68H124O6. The van der Waals surface area contributed by atoms with Crippen molar-refractivity contribution in [1.29, 1.82) is 0 Å². The molecule has 0 aromatic heterocycles. The van der Waals surface area contributed by atoms with Crippen molar-refractivity contribution < 1.29 is 28.6 Å². The monoisotopic (exact) mass is 1040 g/mol. The molecule has 0 aliphatic carbocycles. The fourth-order valence-electron chi connectivity index (χ4n) is 9.62. The molecule has 0 bridgehead atoms. The summed E-state index contributed by atoms with van der Waals surface area (Å²) in [5.41, 5.74) is 0. The van der Waals surface area contributed by atoms with Crippen LogP contribution in [0.25, 0.3) is 0 Å². The van der Waals surface area contributed by atoms with Gasteiger partial charge in [0.15, 0.2) is 6.10 Å². The molecule has 0 spiro atoms. The zero-order valence-corrected chi connectivity index (χ0v) is 49.6. The molecule has 0 unspecified atom stereocenters. The SMILES string of the molecule is CCCCC/C=C\C/C=C\C/C=C\CCCCCCCCC(=O)OC[C@@H](COC(=O)CCCCCCCCCCCCCCCCCCCC)OC(=O)CCCCCCCCC/C=C\CCCCCCCCCC. The zero-order chi connectivity index (χ0) is 53.6. The molecule has 432 valence electrons. The van der Waals surface area contributed by atoms with Gasteiger partial charge in [0.25, 0.3) is 0 Å². The third-order valence-electron chi connectivity index (χ3n) is 14.6. The zero-order valence-electron chi connectivity index (χ0n) is 49.6. The van der Waals surface area contributed by atoms with Gasteiger partial charge in [0.1, 0.15) is 13.2 Å². The van der Waals surface area contributed by atoms with Crippen molar-refractivity contribution in [2.75, 3.05) is 13.2 Å². The third-order valence-corrected chi connectivity index (χ3v) is 14.6. The molecule has 0 aliphatic heterocycles. The van der Waals surface area contributed by atoms with Gasteiger partial charge in [-0.3, -0.25) is 14.4 Å². The van der Waals surface area contributed by atoms with Crippen LogP contribution in [-0.2, 0) is 28.6 Å². The molecule has 0 fully saturated rings. The highest BCUT2D eigenvalue weighted by molar-refractivity contribution is 5.71. The van der Waals surface area contributed by atoms with E-state index >= 15 is 0 Å². The first-order chi connectivity index (χ1) is 36.5. The first kappa shape index (κ1) is 71.4. The summed E-state index contributed by atoms with van der Waals surface area (Å²) in [4.78, 5) is 38.4. The number of carbonyl (C=O) groups is 3. The topological polar surface area (TPSA) is 78.9 Å². The highest BCUT2D eigenvalue weighted by atomic mass is 16.6. The molecule has 0 N–H and O–H groups in total. The average Bonchev–Trinajstić information content (AvgIpc) is 3.40. The normalized spacial score (nSPS) is 12.3. The summed E-state index contributed by atoms with van der Waals surface area (Å²) in [5, 5.41) is 0. The Hall–Kier alpha value is -2.63. The second-order valence-corrected chi connectivity index (χ2v) is 22.0. The molecule has 0 radical (unpaired) electrons. The lowest BCUT2D eigenvalue weighted by molar-refractivity contribution is -0.167. The van der Waals surface area contributed by atoms with Crippen LogP contribution in [-0.4, -0.2) is 37.2 Å². The van der Waals surface area contributed by atoms with E-state index in [-0.39, 0.29) is 31.1 Å². The van der Waals surface area contributed by atoms with Crippen molar-refractivity contribution in [2.24, 2.45) is 0 Å². The molecule has 0 rings (SSSR count). The molecule has 0 aromatic rings. The quantitative estimate of drug-likeness (QED) is 0.0261. The Bertz CT molecular complexity index is 1280. The van der Waals surface area contributed by atoms with Gasteiger partial charge in [0.05, 0.1) is 0 Å². The van der Waals surface area contributed by atoms with Crippen LogP contribution < -0.4 is 0 Å². The Morgan fingerprint density at radius 2 is 0.486 bits per heavy atom. The summed E-state index contributed by atoms with van der Waals surface area (Å²) in [6, 6.07) is 0.